The molecule has 2 heterocycles. The second kappa shape index (κ2) is 10.8. The van der Waals surface area contributed by atoms with E-state index in [1.54, 1.807) is 30.5 Å². The molecule has 0 saturated carbocycles. The Balaban J connectivity index is 1.47. The number of nitrogens with one attached hydrogen (secondary N) is 2. The van der Waals surface area contributed by atoms with Crippen LogP contribution in [0.4, 0.5) is 11.6 Å². The highest BCUT2D eigenvalue weighted by atomic mass is 35.5. The predicted octanol–water partition coefficient (Wildman–Crippen LogP) is 6.30. The summed E-state index contributed by atoms with van der Waals surface area (Å²) in [6.45, 7) is 1.42. The number of nitrogens with zero attached hydrogens (tertiary/aromatic N) is 4. The summed E-state index contributed by atoms with van der Waals surface area (Å²) in [6.07, 6.45) is 2.39. The summed E-state index contributed by atoms with van der Waals surface area (Å²) in [6, 6.07) is 22.7. The van der Waals surface area contributed by atoms with Crippen LogP contribution in [0.2, 0.25) is 10.0 Å². The molecule has 0 unspecified atom stereocenters. The van der Waals surface area contributed by atoms with Crippen molar-refractivity contribution in [1.29, 1.82) is 5.26 Å². The van der Waals surface area contributed by atoms with E-state index in [1.807, 2.05) is 42.5 Å². The molecule has 6 nitrogen and oxygen atoms in total. The average molecular weight is 475 g/mol. The summed E-state index contributed by atoms with van der Waals surface area (Å²) in [5.41, 5.74) is 3.05. The zero-order valence-electron chi connectivity index (χ0n) is 17.6. The molecule has 0 aliphatic heterocycles. The number of nitriles is 1. The molecule has 33 heavy (non-hydrogen) atoms. The number of aromatic nitrogens is 3. The van der Waals surface area contributed by atoms with Gasteiger partial charge in [-0.2, -0.15) is 5.26 Å². The molecule has 4 rings (SSSR count). The Bertz CT molecular complexity index is 1270. The third-order valence-corrected chi connectivity index (χ3v) is 5.37. The van der Waals surface area contributed by atoms with Crippen molar-refractivity contribution in [3.05, 3.63) is 88.5 Å². The smallest absolute Gasteiger partial charge is 0.163 e. The molecule has 8 heteroatoms. The highest BCUT2D eigenvalue weighted by Crippen LogP contribution is 2.30. The zero-order valence-corrected chi connectivity index (χ0v) is 19.1. The molecule has 0 atom stereocenters. The Morgan fingerprint density at radius 1 is 0.848 bits per heavy atom. The summed E-state index contributed by atoms with van der Waals surface area (Å²) in [4.78, 5) is 13.6. The quantitative estimate of drug-likeness (QED) is 0.291. The molecule has 2 N–H and O–H groups in total. The van der Waals surface area contributed by atoms with E-state index in [1.165, 1.54) is 0 Å². The van der Waals surface area contributed by atoms with Crippen molar-refractivity contribution in [2.45, 2.75) is 6.42 Å². The molecular formula is C25H20Cl2N6. The number of pyridine rings is 1. The molecule has 164 valence electrons. The molecule has 0 saturated heterocycles. The molecule has 0 fully saturated rings. The van der Waals surface area contributed by atoms with Crippen LogP contribution in [0.1, 0.15) is 12.0 Å². The van der Waals surface area contributed by atoms with Gasteiger partial charge in [-0.05, 0) is 36.8 Å². The molecule has 2 aromatic carbocycles. The van der Waals surface area contributed by atoms with Crippen LogP contribution in [0.25, 0.3) is 22.6 Å². The number of halogens is 2. The van der Waals surface area contributed by atoms with Gasteiger partial charge in [-0.15, -0.1) is 0 Å². The van der Waals surface area contributed by atoms with Crippen LogP contribution in [-0.2, 0) is 0 Å². The van der Waals surface area contributed by atoms with E-state index in [0.717, 1.165) is 35.6 Å². The Labute approximate surface area is 202 Å². The number of hydrogen-bond acceptors (Lipinski definition) is 6. The number of benzene rings is 2. The first-order chi connectivity index (χ1) is 16.1. The summed E-state index contributed by atoms with van der Waals surface area (Å²) >= 11 is 12.5. The maximum Gasteiger partial charge on any atom is 0.163 e. The minimum atomic E-state index is 0.498. The monoisotopic (exact) mass is 474 g/mol. The Kier molecular flexibility index (Phi) is 7.36. The first-order valence-electron chi connectivity index (χ1n) is 10.4. The largest absolute Gasteiger partial charge is 0.370 e. The van der Waals surface area contributed by atoms with Gasteiger partial charge < -0.3 is 10.6 Å². The Morgan fingerprint density at radius 2 is 1.64 bits per heavy atom. The van der Waals surface area contributed by atoms with Gasteiger partial charge in [-0.1, -0.05) is 53.5 Å². The van der Waals surface area contributed by atoms with Crippen LogP contribution in [0.15, 0.2) is 72.9 Å². The minimum absolute atomic E-state index is 0.498. The molecule has 0 bridgehead atoms. The fourth-order valence-corrected chi connectivity index (χ4v) is 3.66. The summed E-state index contributed by atoms with van der Waals surface area (Å²) < 4.78 is 0. The van der Waals surface area contributed by atoms with Crippen LogP contribution in [0, 0.1) is 11.3 Å². The molecule has 2 aromatic heterocycles. The highest BCUT2D eigenvalue weighted by molar-refractivity contribution is 6.36. The SMILES string of the molecule is N#Cc1ccc(NCCCNc2cc(-c3ccccc3)nc(-c3ccc(Cl)cc3Cl)n2)nc1. The van der Waals surface area contributed by atoms with E-state index in [9.17, 15) is 0 Å². The molecular weight excluding hydrogens is 455 g/mol. The first-order valence-corrected chi connectivity index (χ1v) is 11.1. The summed E-state index contributed by atoms with van der Waals surface area (Å²) in [5.74, 6) is 1.98. The van der Waals surface area contributed by atoms with Crippen molar-refractivity contribution in [3.8, 4) is 28.7 Å². The molecule has 0 spiro atoms. The lowest BCUT2D eigenvalue weighted by Crippen LogP contribution is -2.11. The Morgan fingerprint density at radius 3 is 2.33 bits per heavy atom. The minimum Gasteiger partial charge on any atom is -0.370 e. The van der Waals surface area contributed by atoms with Gasteiger partial charge in [0.2, 0.25) is 0 Å². The van der Waals surface area contributed by atoms with Crippen LogP contribution < -0.4 is 10.6 Å². The van der Waals surface area contributed by atoms with Crippen LogP contribution in [-0.4, -0.2) is 28.0 Å². The fraction of sp³-hybridized carbons (Fsp3) is 0.120. The molecule has 0 aliphatic rings. The Hall–Kier alpha value is -3.66. The number of hydrogen-bond donors (Lipinski definition) is 2. The van der Waals surface area contributed by atoms with Crippen LogP contribution >= 0.6 is 23.2 Å². The van der Waals surface area contributed by atoms with Gasteiger partial charge in [0.05, 0.1) is 16.3 Å². The maximum absolute atomic E-state index is 8.85. The standard InChI is InChI=1S/C25H20Cl2N6/c26-19-8-9-20(21(27)13-19)25-32-22(18-5-2-1-3-6-18)14-24(33-25)30-12-4-11-29-23-10-7-17(15-28)16-31-23/h1-3,5-10,13-14,16H,4,11-12H2,(H,29,31)(H,30,32,33). The van der Waals surface area contributed by atoms with Gasteiger partial charge in [0.25, 0.3) is 0 Å². The lowest BCUT2D eigenvalue weighted by molar-refractivity contribution is 0.897. The number of anilines is 2. The van der Waals surface area contributed by atoms with Gasteiger partial charge in [0.15, 0.2) is 5.82 Å². The van der Waals surface area contributed by atoms with Crippen molar-refractivity contribution < 1.29 is 0 Å². The van der Waals surface area contributed by atoms with Crippen molar-refractivity contribution >= 4 is 34.8 Å². The lowest BCUT2D eigenvalue weighted by atomic mass is 10.1. The lowest BCUT2D eigenvalue weighted by Gasteiger charge is -2.12. The van der Waals surface area contributed by atoms with E-state index in [-0.39, 0.29) is 0 Å². The van der Waals surface area contributed by atoms with Crippen molar-refractivity contribution in [3.63, 3.8) is 0 Å². The highest BCUT2D eigenvalue weighted by Gasteiger charge is 2.12. The average Bonchev–Trinajstić information content (AvgIpc) is 2.84. The van der Waals surface area contributed by atoms with Crippen molar-refractivity contribution in [1.82, 2.24) is 15.0 Å². The van der Waals surface area contributed by atoms with E-state index in [2.05, 4.69) is 26.7 Å². The van der Waals surface area contributed by atoms with Gasteiger partial charge in [-0.25, -0.2) is 15.0 Å². The van der Waals surface area contributed by atoms with E-state index < -0.39 is 0 Å². The topological polar surface area (TPSA) is 86.5 Å². The second-order valence-electron chi connectivity index (χ2n) is 7.20. The second-order valence-corrected chi connectivity index (χ2v) is 8.05. The summed E-state index contributed by atoms with van der Waals surface area (Å²) in [7, 11) is 0. The third kappa shape index (κ3) is 5.98. The van der Waals surface area contributed by atoms with E-state index in [4.69, 9.17) is 33.4 Å². The predicted molar refractivity (Wildman–Crippen MR) is 133 cm³/mol. The van der Waals surface area contributed by atoms with Crippen molar-refractivity contribution in [2.75, 3.05) is 23.7 Å². The zero-order chi connectivity index (χ0) is 23.0. The van der Waals surface area contributed by atoms with Crippen LogP contribution in [0.3, 0.4) is 0 Å². The first kappa shape index (κ1) is 22.5. The van der Waals surface area contributed by atoms with E-state index in [0.29, 0.717) is 33.8 Å². The van der Waals surface area contributed by atoms with Gasteiger partial charge in [0.1, 0.15) is 17.7 Å². The van der Waals surface area contributed by atoms with Gasteiger partial charge >= 0.3 is 0 Å². The fourth-order valence-electron chi connectivity index (χ4n) is 3.17. The van der Waals surface area contributed by atoms with E-state index >= 15 is 0 Å². The van der Waals surface area contributed by atoms with Crippen LogP contribution in [0.5, 0.6) is 0 Å². The van der Waals surface area contributed by atoms with Crippen molar-refractivity contribution in [2.24, 2.45) is 0 Å². The number of rotatable bonds is 8. The van der Waals surface area contributed by atoms with Gasteiger partial charge in [-0.3, -0.25) is 0 Å². The third-order valence-electron chi connectivity index (χ3n) is 4.83. The van der Waals surface area contributed by atoms with Gasteiger partial charge in [0, 0.05) is 41.5 Å². The molecule has 0 radical (unpaired) electrons. The molecule has 0 aliphatic carbocycles. The maximum atomic E-state index is 8.85. The summed E-state index contributed by atoms with van der Waals surface area (Å²) in [5, 5.41) is 16.5. The molecule has 0 amide bonds. The normalized spacial score (nSPS) is 10.5. The molecule has 4 aromatic rings.